The molecule has 1 amide bonds. The first kappa shape index (κ1) is 21.6. The lowest BCUT2D eigenvalue weighted by Crippen LogP contribution is -2.26. The molecule has 3 aromatic heterocycles. The minimum Gasteiger partial charge on any atom is -0.423 e. The number of carbonyl (C=O) groups is 1. The lowest BCUT2D eigenvalue weighted by molar-refractivity contribution is -0.127. The zero-order valence-electron chi connectivity index (χ0n) is 19.0. The van der Waals surface area contributed by atoms with Crippen LogP contribution in [0.5, 0.6) is 0 Å². The van der Waals surface area contributed by atoms with Gasteiger partial charge in [-0.1, -0.05) is 5.92 Å². The second-order valence-electron chi connectivity index (χ2n) is 8.53. The predicted octanol–water partition coefficient (Wildman–Crippen LogP) is 2.70. The van der Waals surface area contributed by atoms with Crippen LogP contribution in [0.1, 0.15) is 44.5 Å². The standard InChI is InChI=1S/C23H23FN8O2/c1-12(2)28-23-29-18-8-14(16(24)9-19(18)34-23)4-5-17-20-21(25)26-11-27-22(20)32(30-17)15-6-7-31(10-15)13(3)33/h8-9,11-12,15H,6-7,10H2,1-3H3,(H,28,29)(H2,25,26,27)/t15-/m0/s1. The largest absolute Gasteiger partial charge is 0.423 e. The highest BCUT2D eigenvalue weighted by atomic mass is 19.1. The Balaban J connectivity index is 1.54. The van der Waals surface area contributed by atoms with E-state index >= 15 is 0 Å². The molecule has 0 spiro atoms. The zero-order valence-corrected chi connectivity index (χ0v) is 19.0. The molecule has 10 nitrogen and oxygen atoms in total. The Labute approximate surface area is 194 Å². The first-order chi connectivity index (χ1) is 16.3. The van der Waals surface area contributed by atoms with Crippen molar-refractivity contribution in [2.24, 2.45) is 0 Å². The number of nitrogens with two attached hydrogens (primary N) is 1. The third-order valence-electron chi connectivity index (χ3n) is 5.68. The average molecular weight is 462 g/mol. The van der Waals surface area contributed by atoms with Gasteiger partial charge in [0.1, 0.15) is 29.2 Å². The Morgan fingerprint density at radius 3 is 2.88 bits per heavy atom. The van der Waals surface area contributed by atoms with Gasteiger partial charge in [-0.15, -0.1) is 0 Å². The molecule has 1 saturated heterocycles. The molecule has 4 aromatic rings. The van der Waals surface area contributed by atoms with E-state index in [9.17, 15) is 9.18 Å². The number of nitrogen functional groups attached to an aromatic ring is 1. The van der Waals surface area contributed by atoms with Gasteiger partial charge >= 0.3 is 0 Å². The molecule has 5 rings (SSSR count). The highest BCUT2D eigenvalue weighted by molar-refractivity contribution is 5.90. The van der Waals surface area contributed by atoms with Crippen LogP contribution >= 0.6 is 0 Å². The maximum absolute atomic E-state index is 14.7. The number of nitrogens with zero attached hydrogens (tertiary/aromatic N) is 6. The summed E-state index contributed by atoms with van der Waals surface area (Å²) in [5, 5.41) is 8.18. The fourth-order valence-corrected chi connectivity index (χ4v) is 4.05. The quantitative estimate of drug-likeness (QED) is 0.445. The van der Waals surface area contributed by atoms with E-state index < -0.39 is 5.82 Å². The van der Waals surface area contributed by atoms with Gasteiger partial charge in [0.05, 0.1) is 17.0 Å². The number of likely N-dealkylation sites (tertiary alicyclic amines) is 1. The summed E-state index contributed by atoms with van der Waals surface area (Å²) in [6.45, 7) is 6.61. The summed E-state index contributed by atoms with van der Waals surface area (Å²) in [6, 6.07) is 3.18. The summed E-state index contributed by atoms with van der Waals surface area (Å²) in [7, 11) is 0. The first-order valence-electron chi connectivity index (χ1n) is 10.9. The molecule has 1 fully saturated rings. The molecule has 1 aliphatic rings. The Hall–Kier alpha value is -4.20. The fourth-order valence-electron chi connectivity index (χ4n) is 4.05. The maximum atomic E-state index is 14.7. The van der Waals surface area contributed by atoms with Gasteiger partial charge < -0.3 is 20.4 Å². The van der Waals surface area contributed by atoms with Crippen molar-refractivity contribution in [2.75, 3.05) is 24.1 Å². The topological polar surface area (TPSA) is 128 Å². The molecule has 0 saturated carbocycles. The molecule has 0 aliphatic carbocycles. The van der Waals surface area contributed by atoms with Crippen molar-refractivity contribution < 1.29 is 13.6 Å². The molecule has 1 atom stereocenters. The van der Waals surface area contributed by atoms with E-state index in [0.29, 0.717) is 46.9 Å². The van der Waals surface area contributed by atoms with E-state index in [1.165, 1.54) is 18.5 Å². The number of nitrogens with one attached hydrogen (secondary N) is 1. The van der Waals surface area contributed by atoms with Crippen molar-refractivity contribution in [3.63, 3.8) is 0 Å². The van der Waals surface area contributed by atoms with Gasteiger partial charge in [0.25, 0.3) is 6.01 Å². The van der Waals surface area contributed by atoms with Crippen LogP contribution in [-0.4, -0.2) is 54.7 Å². The van der Waals surface area contributed by atoms with Crippen LogP contribution in [0, 0.1) is 17.7 Å². The average Bonchev–Trinajstić information content (AvgIpc) is 3.48. The molecular weight excluding hydrogens is 439 g/mol. The van der Waals surface area contributed by atoms with Crippen molar-refractivity contribution in [2.45, 2.75) is 39.3 Å². The van der Waals surface area contributed by atoms with Crippen molar-refractivity contribution in [3.8, 4) is 11.8 Å². The molecule has 0 bridgehead atoms. The zero-order chi connectivity index (χ0) is 24.0. The fraction of sp³-hybridized carbons (Fsp3) is 0.348. The van der Waals surface area contributed by atoms with Gasteiger partial charge in [-0.3, -0.25) is 4.79 Å². The Morgan fingerprint density at radius 2 is 2.15 bits per heavy atom. The molecule has 4 heterocycles. The minimum absolute atomic E-state index is 0.0126. The van der Waals surface area contributed by atoms with Crippen molar-refractivity contribution in [3.05, 3.63) is 35.5 Å². The molecule has 11 heteroatoms. The van der Waals surface area contributed by atoms with Gasteiger partial charge in [0, 0.05) is 32.1 Å². The number of hydrogen-bond acceptors (Lipinski definition) is 8. The van der Waals surface area contributed by atoms with Crippen LogP contribution in [0.25, 0.3) is 22.1 Å². The molecule has 1 aromatic carbocycles. The molecule has 0 radical (unpaired) electrons. The van der Waals surface area contributed by atoms with E-state index in [1.807, 2.05) is 13.8 Å². The number of aromatic nitrogens is 5. The summed E-state index contributed by atoms with van der Waals surface area (Å²) in [4.78, 5) is 26.3. The number of anilines is 2. The maximum Gasteiger partial charge on any atom is 0.295 e. The van der Waals surface area contributed by atoms with E-state index in [2.05, 4.69) is 37.2 Å². The van der Waals surface area contributed by atoms with Gasteiger partial charge in [-0.2, -0.15) is 10.1 Å². The van der Waals surface area contributed by atoms with Crippen LogP contribution in [0.3, 0.4) is 0 Å². The van der Waals surface area contributed by atoms with Crippen LogP contribution in [-0.2, 0) is 4.79 Å². The smallest absolute Gasteiger partial charge is 0.295 e. The third kappa shape index (κ3) is 3.87. The highest BCUT2D eigenvalue weighted by Gasteiger charge is 2.29. The molecule has 0 unspecified atom stereocenters. The van der Waals surface area contributed by atoms with Gasteiger partial charge in [0.2, 0.25) is 5.91 Å². The molecular formula is C23H23FN8O2. The molecule has 34 heavy (non-hydrogen) atoms. The Kier molecular flexibility index (Phi) is 5.28. The van der Waals surface area contributed by atoms with E-state index in [-0.39, 0.29) is 29.4 Å². The normalized spacial score (nSPS) is 15.8. The lowest BCUT2D eigenvalue weighted by Gasteiger charge is -2.14. The highest BCUT2D eigenvalue weighted by Crippen LogP contribution is 2.28. The van der Waals surface area contributed by atoms with E-state index in [4.69, 9.17) is 10.2 Å². The van der Waals surface area contributed by atoms with Crippen molar-refractivity contribution in [1.82, 2.24) is 29.6 Å². The minimum atomic E-state index is -0.534. The second kappa shape index (κ2) is 8.30. The van der Waals surface area contributed by atoms with Crippen LogP contribution in [0.4, 0.5) is 16.2 Å². The Morgan fingerprint density at radius 1 is 1.32 bits per heavy atom. The van der Waals surface area contributed by atoms with Gasteiger partial charge in [0.15, 0.2) is 11.2 Å². The first-order valence-corrected chi connectivity index (χ1v) is 10.9. The number of rotatable bonds is 3. The Bertz CT molecular complexity index is 1480. The van der Waals surface area contributed by atoms with Crippen molar-refractivity contribution in [1.29, 1.82) is 0 Å². The molecule has 174 valence electrons. The number of hydrogen-bond donors (Lipinski definition) is 2. The summed E-state index contributed by atoms with van der Waals surface area (Å²) in [5.41, 5.74) is 7.96. The summed E-state index contributed by atoms with van der Waals surface area (Å²) in [5.74, 6) is 5.49. The van der Waals surface area contributed by atoms with Gasteiger partial charge in [-0.05, 0) is 32.3 Å². The summed E-state index contributed by atoms with van der Waals surface area (Å²) < 4.78 is 22.0. The van der Waals surface area contributed by atoms with Crippen LogP contribution < -0.4 is 11.1 Å². The SMILES string of the molecule is CC(=O)N1CC[C@H](n2nc(C#Cc3cc4nc(NC(C)C)oc4cc3F)c3c(N)ncnc32)C1. The molecule has 1 aliphatic heterocycles. The van der Waals surface area contributed by atoms with Gasteiger partial charge in [-0.25, -0.2) is 19.0 Å². The van der Waals surface area contributed by atoms with Crippen LogP contribution in [0.2, 0.25) is 0 Å². The summed E-state index contributed by atoms with van der Waals surface area (Å²) >= 11 is 0. The summed E-state index contributed by atoms with van der Waals surface area (Å²) in [6.07, 6.45) is 2.10. The number of benzene rings is 1. The lowest BCUT2D eigenvalue weighted by atomic mass is 10.2. The predicted molar refractivity (Wildman–Crippen MR) is 124 cm³/mol. The number of halogens is 1. The number of amides is 1. The monoisotopic (exact) mass is 462 g/mol. The van der Waals surface area contributed by atoms with Crippen molar-refractivity contribution >= 4 is 39.9 Å². The number of carbonyl (C=O) groups excluding carboxylic acids is 1. The second-order valence-corrected chi connectivity index (χ2v) is 8.53. The number of fused-ring (bicyclic) bond motifs is 2. The van der Waals surface area contributed by atoms with E-state index in [1.54, 1.807) is 16.5 Å². The van der Waals surface area contributed by atoms with Crippen LogP contribution in [0.15, 0.2) is 22.9 Å². The van der Waals surface area contributed by atoms with E-state index in [0.717, 1.165) is 6.42 Å². The third-order valence-corrected chi connectivity index (χ3v) is 5.68. The molecule has 3 N–H and O–H groups in total. The number of oxazole rings is 1.